The molecule has 1 aliphatic rings. The molecule has 1 aliphatic heterocycles. The number of rotatable bonds is 3. The minimum atomic E-state index is -0.251. The van der Waals surface area contributed by atoms with Crippen molar-refractivity contribution in [3.05, 3.63) is 53.3 Å². The largest absolute Gasteiger partial charge is 0.338 e. The van der Waals surface area contributed by atoms with E-state index >= 15 is 0 Å². The van der Waals surface area contributed by atoms with Crippen molar-refractivity contribution in [1.82, 2.24) is 14.9 Å². The smallest absolute Gasteiger partial charge is 0.253 e. The molecule has 1 fully saturated rings. The van der Waals surface area contributed by atoms with Crippen LogP contribution in [-0.2, 0) is 4.79 Å². The second-order valence-electron chi connectivity index (χ2n) is 6.04. The van der Waals surface area contributed by atoms with Gasteiger partial charge in [-0.1, -0.05) is 11.6 Å². The second-order valence-corrected chi connectivity index (χ2v) is 6.48. The summed E-state index contributed by atoms with van der Waals surface area (Å²) in [6, 6.07) is 8.51. The summed E-state index contributed by atoms with van der Waals surface area (Å²) in [6.07, 6.45) is 4.74. The zero-order valence-corrected chi connectivity index (χ0v) is 14.7. The summed E-state index contributed by atoms with van der Waals surface area (Å²) in [5.74, 6) is -0.0277. The summed E-state index contributed by atoms with van der Waals surface area (Å²) in [6.45, 7) is 1.05. The lowest BCUT2D eigenvalue weighted by Gasteiger charge is -2.33. The Kier molecular flexibility index (Phi) is 5.28. The van der Waals surface area contributed by atoms with Crippen LogP contribution in [0, 0.1) is 5.92 Å². The van der Waals surface area contributed by atoms with Crippen LogP contribution in [0.5, 0.6) is 0 Å². The maximum absolute atomic E-state index is 12.7. The number of piperidine rings is 1. The normalized spacial score (nSPS) is 17.2. The number of likely N-dealkylation sites (tertiary alicyclic amines) is 1. The molecule has 0 spiro atoms. The van der Waals surface area contributed by atoms with Gasteiger partial charge in [-0.05, 0) is 43.2 Å². The lowest BCUT2D eigenvalue weighted by atomic mass is 9.96. The molecule has 0 bridgehead atoms. The van der Waals surface area contributed by atoms with Crippen LogP contribution in [0.4, 0.5) is 5.95 Å². The Balaban J connectivity index is 1.69. The Hall–Kier alpha value is -2.47. The first-order valence-electron chi connectivity index (χ1n) is 8.15. The molecular weight excluding hydrogens is 340 g/mol. The number of nitrogens with zero attached hydrogens (tertiary/aromatic N) is 4. The van der Waals surface area contributed by atoms with E-state index in [9.17, 15) is 9.59 Å². The van der Waals surface area contributed by atoms with Crippen LogP contribution in [0.1, 0.15) is 23.2 Å². The molecule has 2 amide bonds. The van der Waals surface area contributed by atoms with Crippen molar-refractivity contribution in [2.75, 3.05) is 25.0 Å². The van der Waals surface area contributed by atoms with Crippen molar-refractivity contribution in [3.8, 4) is 0 Å². The highest BCUT2D eigenvalue weighted by Crippen LogP contribution is 2.22. The van der Waals surface area contributed by atoms with Crippen molar-refractivity contribution in [2.24, 2.45) is 5.92 Å². The van der Waals surface area contributed by atoms with E-state index in [1.165, 1.54) is 4.90 Å². The average Bonchev–Trinajstić information content (AvgIpc) is 2.67. The van der Waals surface area contributed by atoms with Gasteiger partial charge >= 0.3 is 0 Å². The van der Waals surface area contributed by atoms with Gasteiger partial charge in [0.05, 0.1) is 5.92 Å². The molecule has 130 valence electrons. The van der Waals surface area contributed by atoms with Crippen molar-refractivity contribution in [1.29, 1.82) is 0 Å². The molecular formula is C18H19ClN4O2. The third-order valence-corrected chi connectivity index (χ3v) is 4.58. The maximum Gasteiger partial charge on any atom is 0.253 e. The zero-order chi connectivity index (χ0) is 17.8. The number of halogens is 1. The quantitative estimate of drug-likeness (QED) is 0.846. The monoisotopic (exact) mass is 358 g/mol. The van der Waals surface area contributed by atoms with Crippen LogP contribution in [-0.4, -0.2) is 46.8 Å². The lowest BCUT2D eigenvalue weighted by molar-refractivity contribution is -0.123. The van der Waals surface area contributed by atoms with E-state index < -0.39 is 0 Å². The number of hydrogen-bond donors (Lipinski definition) is 0. The minimum absolute atomic E-state index is 0.0696. The SMILES string of the molecule is CN(C(=O)C1CCCN(C(=O)c2ccc(Cl)cc2)C1)c1ncccn1. The molecule has 25 heavy (non-hydrogen) atoms. The summed E-state index contributed by atoms with van der Waals surface area (Å²) in [5, 5.41) is 0.590. The van der Waals surface area contributed by atoms with Gasteiger partial charge in [0.25, 0.3) is 5.91 Å². The number of amides is 2. The summed E-state index contributed by atoms with van der Waals surface area (Å²) in [4.78, 5) is 36.8. The van der Waals surface area contributed by atoms with Crippen LogP contribution >= 0.6 is 11.6 Å². The first-order valence-corrected chi connectivity index (χ1v) is 8.53. The molecule has 0 aliphatic carbocycles. The number of anilines is 1. The van der Waals surface area contributed by atoms with Crippen molar-refractivity contribution in [2.45, 2.75) is 12.8 Å². The highest BCUT2D eigenvalue weighted by molar-refractivity contribution is 6.30. The van der Waals surface area contributed by atoms with E-state index in [2.05, 4.69) is 9.97 Å². The molecule has 1 unspecified atom stereocenters. The molecule has 2 aromatic rings. The molecule has 1 saturated heterocycles. The van der Waals surface area contributed by atoms with Gasteiger partial charge < -0.3 is 4.90 Å². The van der Waals surface area contributed by atoms with E-state index in [4.69, 9.17) is 11.6 Å². The molecule has 1 aromatic heterocycles. The predicted molar refractivity (Wildman–Crippen MR) is 95.5 cm³/mol. The van der Waals surface area contributed by atoms with Gasteiger partial charge in [0.1, 0.15) is 0 Å². The number of aromatic nitrogens is 2. The van der Waals surface area contributed by atoms with E-state index in [1.54, 1.807) is 54.7 Å². The first kappa shape index (κ1) is 17.4. The van der Waals surface area contributed by atoms with Gasteiger partial charge in [-0.25, -0.2) is 9.97 Å². The van der Waals surface area contributed by atoms with Crippen molar-refractivity contribution >= 4 is 29.4 Å². The third kappa shape index (κ3) is 3.96. The fourth-order valence-electron chi connectivity index (χ4n) is 2.98. The molecule has 2 heterocycles. The minimum Gasteiger partial charge on any atom is -0.338 e. The molecule has 0 radical (unpaired) electrons. The maximum atomic E-state index is 12.7. The predicted octanol–water partition coefficient (Wildman–Crippen LogP) is 2.65. The fourth-order valence-corrected chi connectivity index (χ4v) is 3.10. The number of hydrogen-bond acceptors (Lipinski definition) is 4. The Morgan fingerprint density at radius 1 is 1.20 bits per heavy atom. The molecule has 1 atom stereocenters. The van der Waals surface area contributed by atoms with E-state index in [-0.39, 0.29) is 17.7 Å². The zero-order valence-electron chi connectivity index (χ0n) is 13.9. The van der Waals surface area contributed by atoms with E-state index in [0.29, 0.717) is 29.6 Å². The topological polar surface area (TPSA) is 66.4 Å². The van der Waals surface area contributed by atoms with Gasteiger partial charge in [-0.15, -0.1) is 0 Å². The van der Waals surface area contributed by atoms with Crippen LogP contribution in [0.25, 0.3) is 0 Å². The van der Waals surface area contributed by atoms with Gasteiger partial charge in [0.2, 0.25) is 11.9 Å². The van der Waals surface area contributed by atoms with Crippen molar-refractivity contribution in [3.63, 3.8) is 0 Å². The molecule has 3 rings (SSSR count). The van der Waals surface area contributed by atoms with E-state index in [1.807, 2.05) is 0 Å². The van der Waals surface area contributed by atoms with Crippen LogP contribution in [0.15, 0.2) is 42.7 Å². The highest BCUT2D eigenvalue weighted by Gasteiger charge is 2.31. The summed E-state index contributed by atoms with van der Waals surface area (Å²) in [5.41, 5.74) is 0.581. The van der Waals surface area contributed by atoms with Crippen molar-refractivity contribution < 1.29 is 9.59 Å². The molecule has 0 saturated carbocycles. The fraction of sp³-hybridized carbons (Fsp3) is 0.333. The highest BCUT2D eigenvalue weighted by atomic mass is 35.5. The molecule has 7 heteroatoms. The number of carbonyl (C=O) groups excluding carboxylic acids is 2. The van der Waals surface area contributed by atoms with Crippen LogP contribution in [0.3, 0.4) is 0 Å². The number of carbonyl (C=O) groups is 2. The standard InChI is InChI=1S/C18H19ClN4O2/c1-22(18-20-9-3-10-21-18)16(24)14-4-2-11-23(12-14)17(25)13-5-7-15(19)8-6-13/h3,5-10,14H,2,4,11-12H2,1H3. The van der Waals surface area contributed by atoms with Gasteiger partial charge in [0.15, 0.2) is 0 Å². The molecule has 6 nitrogen and oxygen atoms in total. The van der Waals surface area contributed by atoms with Crippen LogP contribution in [0.2, 0.25) is 5.02 Å². The average molecular weight is 359 g/mol. The Bertz CT molecular complexity index is 751. The van der Waals surface area contributed by atoms with Crippen LogP contribution < -0.4 is 4.90 Å². The second kappa shape index (κ2) is 7.61. The lowest BCUT2D eigenvalue weighted by Crippen LogP contribution is -2.46. The summed E-state index contributed by atoms with van der Waals surface area (Å²) < 4.78 is 0. The van der Waals surface area contributed by atoms with E-state index in [0.717, 1.165) is 12.8 Å². The van der Waals surface area contributed by atoms with Gasteiger partial charge in [0, 0.05) is 43.1 Å². The molecule has 1 aromatic carbocycles. The summed E-state index contributed by atoms with van der Waals surface area (Å²) in [7, 11) is 1.66. The molecule has 0 N–H and O–H groups in total. The Labute approximate surface area is 151 Å². The summed E-state index contributed by atoms with van der Waals surface area (Å²) >= 11 is 5.87. The first-order chi connectivity index (χ1) is 12.1. The van der Waals surface area contributed by atoms with Gasteiger partial charge in [-0.3, -0.25) is 14.5 Å². The van der Waals surface area contributed by atoms with Gasteiger partial charge in [-0.2, -0.15) is 0 Å². The Morgan fingerprint density at radius 3 is 2.56 bits per heavy atom. The Morgan fingerprint density at radius 2 is 1.88 bits per heavy atom. The number of benzene rings is 1. The third-order valence-electron chi connectivity index (χ3n) is 4.33.